The molecule has 0 spiro atoms. The first-order valence-corrected chi connectivity index (χ1v) is 9.02. The molecule has 0 fully saturated rings. The minimum absolute atomic E-state index is 0.0532. The molecule has 0 aliphatic carbocycles. The van der Waals surface area contributed by atoms with Gasteiger partial charge in [0.2, 0.25) is 0 Å². The number of hydrogen-bond donors (Lipinski definition) is 1. The highest BCUT2D eigenvalue weighted by Crippen LogP contribution is 2.24. The Morgan fingerprint density at radius 3 is 2.31 bits per heavy atom. The van der Waals surface area contributed by atoms with E-state index in [-0.39, 0.29) is 18.0 Å². The van der Waals surface area contributed by atoms with Gasteiger partial charge in [0.25, 0.3) is 5.91 Å². The van der Waals surface area contributed by atoms with Crippen molar-refractivity contribution in [3.8, 4) is 11.5 Å². The molecule has 7 heteroatoms. The summed E-state index contributed by atoms with van der Waals surface area (Å²) in [6.07, 6.45) is 3.23. The number of likely N-dealkylation sites (N-methyl/N-ethyl adjacent to an activating group) is 1. The summed E-state index contributed by atoms with van der Waals surface area (Å²) in [6.45, 7) is 0.0532. The van der Waals surface area contributed by atoms with E-state index >= 15 is 0 Å². The Hall–Kier alpha value is -3.32. The highest BCUT2D eigenvalue weighted by atomic mass is 19.1. The largest absolute Gasteiger partial charge is 0.456 e. The fraction of sp³-hybridized carbons (Fsp3) is 0.182. The lowest BCUT2D eigenvalue weighted by atomic mass is 10.0. The number of pyridine rings is 1. The Morgan fingerprint density at radius 1 is 1.03 bits per heavy atom. The summed E-state index contributed by atoms with van der Waals surface area (Å²) in [4.78, 5) is 18.1. The molecule has 3 rings (SSSR count). The zero-order chi connectivity index (χ0) is 20.8. The molecule has 0 aliphatic heterocycles. The Labute approximate surface area is 168 Å². The third-order valence-electron chi connectivity index (χ3n) is 4.40. The fourth-order valence-electron chi connectivity index (χ4n) is 2.88. The standard InChI is InChI=1S/C22H21F2N3O2/c1-27(2)20(21-18(23)6-3-7-19(21)24)14-26-22(28)15-8-10-16(11-9-15)29-17-5-4-12-25-13-17/h3-13,20H,14H2,1-2H3,(H,26,28). The summed E-state index contributed by atoms with van der Waals surface area (Å²) < 4.78 is 33.9. The smallest absolute Gasteiger partial charge is 0.251 e. The number of hydrogen-bond acceptors (Lipinski definition) is 4. The Kier molecular flexibility index (Phi) is 6.51. The van der Waals surface area contributed by atoms with Gasteiger partial charge in [-0.2, -0.15) is 0 Å². The van der Waals surface area contributed by atoms with E-state index < -0.39 is 17.7 Å². The van der Waals surface area contributed by atoms with Gasteiger partial charge in [0.05, 0.1) is 12.2 Å². The first kappa shape index (κ1) is 20.4. The van der Waals surface area contributed by atoms with Crippen LogP contribution in [0.25, 0.3) is 0 Å². The number of rotatable bonds is 7. The molecule has 1 amide bonds. The summed E-state index contributed by atoms with van der Waals surface area (Å²) in [5.41, 5.74) is 0.341. The van der Waals surface area contributed by atoms with Crippen LogP contribution in [0, 0.1) is 11.6 Å². The molecule has 0 bridgehead atoms. The topological polar surface area (TPSA) is 54.5 Å². The van der Waals surface area contributed by atoms with Gasteiger partial charge in [0.15, 0.2) is 0 Å². The second kappa shape index (κ2) is 9.25. The lowest BCUT2D eigenvalue weighted by Gasteiger charge is -2.25. The first-order chi connectivity index (χ1) is 14.0. The van der Waals surface area contributed by atoms with Crippen LogP contribution >= 0.6 is 0 Å². The van der Waals surface area contributed by atoms with E-state index in [0.717, 1.165) is 0 Å². The summed E-state index contributed by atoms with van der Waals surface area (Å²) in [5.74, 6) is -0.481. The van der Waals surface area contributed by atoms with E-state index in [1.165, 1.54) is 18.2 Å². The molecule has 1 heterocycles. The summed E-state index contributed by atoms with van der Waals surface area (Å²) in [5, 5.41) is 2.74. The molecule has 29 heavy (non-hydrogen) atoms. The maximum Gasteiger partial charge on any atom is 0.251 e. The van der Waals surface area contributed by atoms with Crippen molar-refractivity contribution in [2.24, 2.45) is 0 Å². The van der Waals surface area contributed by atoms with E-state index in [2.05, 4.69) is 10.3 Å². The third kappa shape index (κ3) is 5.14. The van der Waals surface area contributed by atoms with E-state index in [1.54, 1.807) is 67.8 Å². The minimum atomic E-state index is -0.645. The number of carbonyl (C=O) groups excluding carboxylic acids is 1. The fourth-order valence-corrected chi connectivity index (χ4v) is 2.88. The van der Waals surface area contributed by atoms with Crippen molar-refractivity contribution in [3.63, 3.8) is 0 Å². The summed E-state index contributed by atoms with van der Waals surface area (Å²) >= 11 is 0. The van der Waals surface area contributed by atoms with Crippen LogP contribution in [-0.4, -0.2) is 36.4 Å². The van der Waals surface area contributed by atoms with Crippen molar-refractivity contribution in [2.75, 3.05) is 20.6 Å². The molecule has 1 aromatic heterocycles. The normalized spacial score (nSPS) is 11.9. The molecular weight excluding hydrogens is 376 g/mol. The molecule has 1 N–H and O–H groups in total. The lowest BCUT2D eigenvalue weighted by Crippen LogP contribution is -2.35. The quantitative estimate of drug-likeness (QED) is 0.650. The third-order valence-corrected chi connectivity index (χ3v) is 4.40. The van der Waals surface area contributed by atoms with Gasteiger partial charge in [0.1, 0.15) is 23.1 Å². The van der Waals surface area contributed by atoms with Crippen LogP contribution in [0.1, 0.15) is 22.0 Å². The highest BCUT2D eigenvalue weighted by molar-refractivity contribution is 5.94. The second-order valence-electron chi connectivity index (χ2n) is 6.64. The zero-order valence-electron chi connectivity index (χ0n) is 16.1. The number of aromatic nitrogens is 1. The van der Waals surface area contributed by atoms with E-state index in [1.807, 2.05) is 0 Å². The average molecular weight is 397 g/mol. The van der Waals surface area contributed by atoms with Crippen molar-refractivity contribution in [1.29, 1.82) is 0 Å². The van der Waals surface area contributed by atoms with Crippen molar-refractivity contribution in [3.05, 3.63) is 89.8 Å². The van der Waals surface area contributed by atoms with Gasteiger partial charge in [-0.15, -0.1) is 0 Å². The molecule has 5 nitrogen and oxygen atoms in total. The zero-order valence-corrected chi connectivity index (χ0v) is 16.1. The van der Waals surface area contributed by atoms with Crippen LogP contribution in [0.5, 0.6) is 11.5 Å². The monoisotopic (exact) mass is 397 g/mol. The Bertz CT molecular complexity index is 943. The minimum Gasteiger partial charge on any atom is -0.456 e. The number of benzene rings is 2. The van der Waals surface area contributed by atoms with Crippen LogP contribution in [-0.2, 0) is 0 Å². The maximum atomic E-state index is 14.1. The van der Waals surface area contributed by atoms with Crippen molar-refractivity contribution in [2.45, 2.75) is 6.04 Å². The number of ether oxygens (including phenoxy) is 1. The Morgan fingerprint density at radius 2 is 1.72 bits per heavy atom. The van der Waals surface area contributed by atoms with E-state index in [0.29, 0.717) is 17.1 Å². The van der Waals surface area contributed by atoms with E-state index in [9.17, 15) is 13.6 Å². The number of nitrogens with one attached hydrogen (secondary N) is 1. The van der Waals surface area contributed by atoms with Gasteiger partial charge in [-0.3, -0.25) is 9.78 Å². The predicted octanol–water partition coefficient (Wildman–Crippen LogP) is 4.18. The molecule has 0 saturated heterocycles. The van der Waals surface area contributed by atoms with Crippen molar-refractivity contribution in [1.82, 2.24) is 15.2 Å². The van der Waals surface area contributed by atoms with Gasteiger partial charge < -0.3 is 15.0 Å². The summed E-state index contributed by atoms with van der Waals surface area (Å²) in [6, 6.07) is 13.2. The molecular formula is C22H21F2N3O2. The summed E-state index contributed by atoms with van der Waals surface area (Å²) in [7, 11) is 3.40. The van der Waals surface area contributed by atoms with Crippen LogP contribution in [0.3, 0.4) is 0 Å². The van der Waals surface area contributed by atoms with E-state index in [4.69, 9.17) is 4.74 Å². The molecule has 0 radical (unpaired) electrons. The molecule has 1 atom stereocenters. The van der Waals surface area contributed by atoms with Crippen LogP contribution < -0.4 is 10.1 Å². The van der Waals surface area contributed by atoms with Gasteiger partial charge in [0, 0.05) is 23.9 Å². The number of amides is 1. The van der Waals surface area contributed by atoms with Gasteiger partial charge in [-0.1, -0.05) is 6.07 Å². The number of nitrogens with zero attached hydrogens (tertiary/aromatic N) is 2. The predicted molar refractivity (Wildman–Crippen MR) is 106 cm³/mol. The lowest BCUT2D eigenvalue weighted by molar-refractivity contribution is 0.0940. The van der Waals surface area contributed by atoms with Crippen LogP contribution in [0.15, 0.2) is 67.0 Å². The molecule has 1 unspecified atom stereocenters. The van der Waals surface area contributed by atoms with Crippen LogP contribution in [0.2, 0.25) is 0 Å². The van der Waals surface area contributed by atoms with Gasteiger partial charge in [-0.05, 0) is 62.6 Å². The average Bonchev–Trinajstić information content (AvgIpc) is 2.71. The molecule has 0 saturated carbocycles. The molecule has 3 aromatic rings. The first-order valence-electron chi connectivity index (χ1n) is 9.02. The second-order valence-corrected chi connectivity index (χ2v) is 6.64. The molecule has 150 valence electrons. The number of carbonyl (C=O) groups is 1. The molecule has 2 aromatic carbocycles. The van der Waals surface area contributed by atoms with Crippen molar-refractivity contribution >= 4 is 5.91 Å². The highest BCUT2D eigenvalue weighted by Gasteiger charge is 2.23. The number of halogens is 2. The SMILES string of the molecule is CN(C)C(CNC(=O)c1ccc(Oc2cccnc2)cc1)c1c(F)cccc1F. The van der Waals surface area contributed by atoms with Gasteiger partial charge in [-0.25, -0.2) is 8.78 Å². The van der Waals surface area contributed by atoms with Crippen molar-refractivity contribution < 1.29 is 18.3 Å². The van der Waals surface area contributed by atoms with Gasteiger partial charge >= 0.3 is 0 Å². The maximum absolute atomic E-state index is 14.1. The van der Waals surface area contributed by atoms with Crippen LogP contribution in [0.4, 0.5) is 8.78 Å². The Balaban J connectivity index is 1.66. The molecule has 0 aliphatic rings.